The van der Waals surface area contributed by atoms with Gasteiger partial charge in [-0.2, -0.15) is 0 Å². The molecule has 9 heteroatoms. The number of thiophene rings is 1. The van der Waals surface area contributed by atoms with Crippen molar-refractivity contribution < 1.29 is 23.5 Å². The number of nitrogens with zero attached hydrogens (tertiary/aromatic N) is 1. The van der Waals surface area contributed by atoms with Crippen LogP contribution in [0.5, 0.6) is 0 Å². The molecule has 0 spiro atoms. The van der Waals surface area contributed by atoms with Crippen molar-refractivity contribution in [2.24, 2.45) is 5.92 Å². The highest BCUT2D eigenvalue weighted by molar-refractivity contribution is 7.18. The monoisotopic (exact) mass is 475 g/mol. The minimum atomic E-state index is -0.534. The van der Waals surface area contributed by atoms with Gasteiger partial charge in [0.25, 0.3) is 11.8 Å². The van der Waals surface area contributed by atoms with Crippen LogP contribution >= 0.6 is 11.3 Å². The van der Waals surface area contributed by atoms with Crippen LogP contribution in [0.4, 0.5) is 14.2 Å². The summed E-state index contributed by atoms with van der Waals surface area (Å²) in [6.45, 7) is 9.01. The summed E-state index contributed by atoms with van der Waals surface area (Å²) in [6.07, 6.45) is 1.15. The Kier molecular flexibility index (Phi) is 7.73. The minimum absolute atomic E-state index is 0.0673. The zero-order valence-corrected chi connectivity index (χ0v) is 20.2. The Balaban J connectivity index is 1.52. The van der Waals surface area contributed by atoms with E-state index in [0.29, 0.717) is 29.5 Å². The predicted molar refractivity (Wildman–Crippen MR) is 126 cm³/mol. The molecule has 2 aromatic rings. The van der Waals surface area contributed by atoms with Crippen molar-refractivity contribution in [3.63, 3.8) is 0 Å². The number of likely N-dealkylation sites (tertiary alicyclic amines) is 1. The molecule has 7 nitrogen and oxygen atoms in total. The van der Waals surface area contributed by atoms with Crippen molar-refractivity contribution in [2.75, 3.05) is 25.0 Å². The number of hydrogen-bond acceptors (Lipinski definition) is 5. The summed E-state index contributed by atoms with van der Waals surface area (Å²) in [5.41, 5.74) is 0.470. The van der Waals surface area contributed by atoms with E-state index >= 15 is 0 Å². The summed E-state index contributed by atoms with van der Waals surface area (Å²) < 4.78 is 18.6. The molecule has 1 aromatic carbocycles. The third kappa shape index (κ3) is 7.02. The summed E-state index contributed by atoms with van der Waals surface area (Å²) in [6, 6.07) is 7.22. The predicted octanol–water partition coefficient (Wildman–Crippen LogP) is 4.82. The van der Waals surface area contributed by atoms with Crippen LogP contribution in [0.25, 0.3) is 0 Å². The molecule has 3 rings (SSSR count). The van der Waals surface area contributed by atoms with Gasteiger partial charge in [0.2, 0.25) is 0 Å². The van der Waals surface area contributed by atoms with Crippen LogP contribution in [0.1, 0.15) is 59.2 Å². The molecule has 1 fully saturated rings. The quantitative estimate of drug-likeness (QED) is 0.649. The van der Waals surface area contributed by atoms with Crippen molar-refractivity contribution in [1.82, 2.24) is 10.2 Å². The van der Waals surface area contributed by atoms with Crippen molar-refractivity contribution in [1.29, 1.82) is 0 Å². The van der Waals surface area contributed by atoms with Crippen LogP contribution in [0.3, 0.4) is 0 Å². The number of hydrogen-bond donors (Lipinski definition) is 2. The minimum Gasteiger partial charge on any atom is -0.444 e. The van der Waals surface area contributed by atoms with E-state index in [2.05, 4.69) is 10.6 Å². The Hall–Kier alpha value is -2.94. The van der Waals surface area contributed by atoms with Gasteiger partial charge in [0.1, 0.15) is 11.4 Å². The van der Waals surface area contributed by atoms with E-state index in [1.54, 1.807) is 11.0 Å². The molecule has 0 bridgehead atoms. The molecule has 0 aliphatic carbocycles. The van der Waals surface area contributed by atoms with Gasteiger partial charge in [-0.25, -0.2) is 9.18 Å². The number of piperidine rings is 1. The van der Waals surface area contributed by atoms with Crippen LogP contribution in [-0.2, 0) is 4.74 Å². The number of benzene rings is 1. The van der Waals surface area contributed by atoms with Crippen LogP contribution in [0, 0.1) is 18.7 Å². The maximum atomic E-state index is 13.4. The van der Waals surface area contributed by atoms with E-state index in [4.69, 9.17) is 4.74 Å². The van der Waals surface area contributed by atoms with Gasteiger partial charge in [-0.1, -0.05) is 6.07 Å². The third-order valence-electron chi connectivity index (χ3n) is 5.27. The molecule has 1 aromatic heterocycles. The lowest BCUT2D eigenvalue weighted by atomic mass is 9.96. The highest BCUT2D eigenvalue weighted by atomic mass is 32.1. The second-order valence-electron chi connectivity index (χ2n) is 9.21. The number of carbonyl (C=O) groups is 3. The van der Waals surface area contributed by atoms with Gasteiger partial charge in [0, 0.05) is 25.2 Å². The van der Waals surface area contributed by atoms with Gasteiger partial charge in [-0.05, 0) is 76.3 Å². The molecule has 1 aliphatic heterocycles. The number of rotatable bonds is 5. The molecule has 33 heavy (non-hydrogen) atoms. The number of alkyl carbamates (subject to hydrolysis) is 1. The van der Waals surface area contributed by atoms with Crippen molar-refractivity contribution >= 4 is 34.2 Å². The number of aryl methyl sites for hydroxylation is 1. The van der Waals surface area contributed by atoms with Crippen LogP contribution < -0.4 is 10.6 Å². The largest absolute Gasteiger partial charge is 0.444 e. The summed E-state index contributed by atoms with van der Waals surface area (Å²) in [4.78, 5) is 39.6. The molecule has 2 N–H and O–H groups in total. The van der Waals surface area contributed by atoms with E-state index in [1.807, 2.05) is 27.7 Å². The van der Waals surface area contributed by atoms with Crippen LogP contribution in [0.2, 0.25) is 0 Å². The van der Waals surface area contributed by atoms with Gasteiger partial charge in [0.15, 0.2) is 0 Å². The first-order chi connectivity index (χ1) is 15.5. The second-order valence-corrected chi connectivity index (χ2v) is 10.3. The topological polar surface area (TPSA) is 87.7 Å². The summed E-state index contributed by atoms with van der Waals surface area (Å²) >= 11 is 1.22. The van der Waals surface area contributed by atoms with Crippen molar-refractivity contribution in [2.45, 2.75) is 46.1 Å². The van der Waals surface area contributed by atoms with Crippen LogP contribution in [0.15, 0.2) is 30.3 Å². The normalized spacial score (nSPS) is 14.6. The molecular weight excluding hydrogens is 445 g/mol. The lowest BCUT2D eigenvalue weighted by Gasteiger charge is -2.32. The number of ether oxygens (including phenoxy) is 1. The van der Waals surface area contributed by atoms with E-state index < -0.39 is 23.4 Å². The Morgan fingerprint density at radius 1 is 1.18 bits per heavy atom. The first-order valence-corrected chi connectivity index (χ1v) is 11.8. The first-order valence-electron chi connectivity index (χ1n) is 11.0. The van der Waals surface area contributed by atoms with Gasteiger partial charge in [-0.3, -0.25) is 9.59 Å². The third-order valence-corrected chi connectivity index (χ3v) is 6.41. The lowest BCUT2D eigenvalue weighted by Crippen LogP contribution is -2.42. The molecule has 1 aliphatic rings. The zero-order valence-electron chi connectivity index (χ0n) is 19.4. The smallest absolute Gasteiger partial charge is 0.407 e. The molecule has 0 unspecified atom stereocenters. The summed E-state index contributed by atoms with van der Waals surface area (Å²) in [5, 5.41) is 6.09. The van der Waals surface area contributed by atoms with Gasteiger partial charge < -0.3 is 20.3 Å². The Bertz CT molecular complexity index is 1020. The molecule has 3 amide bonds. The maximum Gasteiger partial charge on any atom is 0.407 e. The van der Waals surface area contributed by atoms with Crippen molar-refractivity contribution in [3.8, 4) is 0 Å². The Morgan fingerprint density at radius 2 is 1.88 bits per heavy atom. The number of amides is 3. The average Bonchev–Trinajstić information content (AvgIpc) is 3.10. The standard InChI is InChI=1S/C24H30FN3O4S/c1-15-12-19(27-21(29)17-6-5-7-18(25)13-17)33-20(15)22(30)28-10-8-16(9-11-28)14-26-23(31)32-24(2,3)4/h5-7,12-13,16H,8-11,14H2,1-4H3,(H,26,31)(H,27,29). The number of halogens is 1. The average molecular weight is 476 g/mol. The highest BCUT2D eigenvalue weighted by Crippen LogP contribution is 2.29. The number of carbonyl (C=O) groups excluding carboxylic acids is 3. The van der Waals surface area contributed by atoms with Crippen molar-refractivity contribution in [3.05, 3.63) is 52.2 Å². The number of anilines is 1. The lowest BCUT2D eigenvalue weighted by molar-refractivity contribution is 0.0500. The van der Waals surface area contributed by atoms with E-state index in [0.717, 1.165) is 18.4 Å². The summed E-state index contributed by atoms with van der Waals surface area (Å²) in [7, 11) is 0. The second kappa shape index (κ2) is 10.3. The molecule has 0 radical (unpaired) electrons. The van der Waals surface area contributed by atoms with E-state index in [-0.39, 0.29) is 17.4 Å². The molecule has 0 atom stereocenters. The molecule has 1 saturated heterocycles. The Morgan fingerprint density at radius 3 is 2.52 bits per heavy atom. The fourth-order valence-corrected chi connectivity index (χ4v) is 4.63. The maximum absolute atomic E-state index is 13.4. The van der Waals surface area contributed by atoms with Gasteiger partial charge >= 0.3 is 6.09 Å². The van der Waals surface area contributed by atoms with Crippen LogP contribution in [-0.4, -0.2) is 48.0 Å². The molecular formula is C24H30FN3O4S. The summed E-state index contributed by atoms with van der Waals surface area (Å²) in [5.74, 6) is -0.687. The highest BCUT2D eigenvalue weighted by Gasteiger charge is 2.27. The SMILES string of the molecule is Cc1cc(NC(=O)c2cccc(F)c2)sc1C(=O)N1CCC(CNC(=O)OC(C)(C)C)CC1. The van der Waals surface area contributed by atoms with E-state index in [1.165, 1.54) is 35.6 Å². The fourth-order valence-electron chi connectivity index (χ4n) is 3.60. The molecule has 178 valence electrons. The fraction of sp³-hybridized carbons (Fsp3) is 0.458. The Labute approximate surface area is 197 Å². The van der Waals surface area contributed by atoms with E-state index in [9.17, 15) is 18.8 Å². The molecule has 0 saturated carbocycles. The molecule has 2 heterocycles. The van der Waals surface area contributed by atoms with Gasteiger partial charge in [-0.15, -0.1) is 11.3 Å². The first kappa shape index (κ1) is 24.7. The number of nitrogens with one attached hydrogen (secondary N) is 2. The van der Waals surface area contributed by atoms with Gasteiger partial charge in [0.05, 0.1) is 9.88 Å². The zero-order chi connectivity index (χ0) is 24.2.